The van der Waals surface area contributed by atoms with E-state index in [2.05, 4.69) is 25.8 Å². The molecule has 0 atom stereocenters. The van der Waals surface area contributed by atoms with Crippen molar-refractivity contribution in [1.82, 2.24) is 9.80 Å². The Balaban J connectivity index is 2.25. The monoisotopic (exact) mass is 331 g/mol. The molecule has 0 saturated carbocycles. The summed E-state index contributed by atoms with van der Waals surface area (Å²) in [6.45, 7) is 11.1. The van der Waals surface area contributed by atoms with Crippen LogP contribution in [0.1, 0.15) is 37.8 Å². The molecule has 1 saturated heterocycles. The van der Waals surface area contributed by atoms with Crippen LogP contribution in [-0.4, -0.2) is 61.4 Å². The van der Waals surface area contributed by atoms with Gasteiger partial charge in [-0.25, -0.2) is 0 Å². The fourth-order valence-electron chi connectivity index (χ4n) is 3.16. The summed E-state index contributed by atoms with van der Waals surface area (Å²) in [5, 5.41) is 0. The van der Waals surface area contributed by atoms with Crippen molar-refractivity contribution < 1.29 is 9.59 Å². The van der Waals surface area contributed by atoms with Crippen LogP contribution in [0.4, 0.5) is 5.69 Å². The van der Waals surface area contributed by atoms with E-state index in [1.165, 1.54) is 6.92 Å². The molecular formula is C19H29N3O2. The van der Waals surface area contributed by atoms with Crippen LogP contribution in [0, 0.1) is 6.92 Å². The third-order valence-corrected chi connectivity index (χ3v) is 4.69. The average molecular weight is 331 g/mol. The Labute approximate surface area is 145 Å². The number of carbonyl (C=O) groups excluding carboxylic acids is 2. The molecule has 1 heterocycles. The van der Waals surface area contributed by atoms with Crippen molar-refractivity contribution >= 4 is 17.5 Å². The number of para-hydroxylation sites is 1. The second-order valence-electron chi connectivity index (χ2n) is 6.96. The highest BCUT2D eigenvalue weighted by Crippen LogP contribution is 2.31. The molecule has 2 amide bonds. The molecule has 1 aromatic carbocycles. The topological polar surface area (TPSA) is 43.9 Å². The van der Waals surface area contributed by atoms with Gasteiger partial charge in [-0.3, -0.25) is 9.59 Å². The zero-order chi connectivity index (χ0) is 17.9. The first-order chi connectivity index (χ1) is 11.3. The predicted molar refractivity (Wildman–Crippen MR) is 97.4 cm³/mol. The van der Waals surface area contributed by atoms with Gasteiger partial charge in [-0.1, -0.05) is 32.0 Å². The summed E-state index contributed by atoms with van der Waals surface area (Å²) in [6, 6.07) is 6.05. The first kappa shape index (κ1) is 18.5. The highest BCUT2D eigenvalue weighted by Gasteiger charge is 2.25. The van der Waals surface area contributed by atoms with E-state index in [4.69, 9.17) is 0 Å². The summed E-state index contributed by atoms with van der Waals surface area (Å²) in [5.74, 6) is 0.227. The van der Waals surface area contributed by atoms with Gasteiger partial charge in [0.2, 0.25) is 11.8 Å². The van der Waals surface area contributed by atoms with Gasteiger partial charge in [-0.2, -0.15) is 0 Å². The minimum Gasteiger partial charge on any atom is -0.339 e. The van der Waals surface area contributed by atoms with Gasteiger partial charge in [-0.05, 0) is 31.0 Å². The summed E-state index contributed by atoms with van der Waals surface area (Å²) in [5.41, 5.74) is 3.03. The number of hydrogen-bond donors (Lipinski definition) is 0. The van der Waals surface area contributed by atoms with Gasteiger partial charge in [0, 0.05) is 33.1 Å². The fraction of sp³-hybridized carbons (Fsp3) is 0.579. The van der Waals surface area contributed by atoms with Crippen molar-refractivity contribution in [2.45, 2.75) is 33.6 Å². The van der Waals surface area contributed by atoms with Crippen molar-refractivity contribution in [1.29, 1.82) is 0 Å². The summed E-state index contributed by atoms with van der Waals surface area (Å²) in [6.07, 6.45) is 0. The number of benzene rings is 1. The molecule has 0 spiro atoms. The summed E-state index contributed by atoms with van der Waals surface area (Å²) >= 11 is 0. The first-order valence-corrected chi connectivity index (χ1v) is 8.65. The molecule has 0 radical (unpaired) electrons. The first-order valence-electron chi connectivity index (χ1n) is 8.65. The van der Waals surface area contributed by atoms with Crippen LogP contribution in [0.5, 0.6) is 0 Å². The van der Waals surface area contributed by atoms with E-state index in [1.54, 1.807) is 4.90 Å². The molecule has 0 unspecified atom stereocenters. The smallest absolute Gasteiger partial charge is 0.242 e. The predicted octanol–water partition coefficient (Wildman–Crippen LogP) is 2.25. The molecule has 132 valence electrons. The van der Waals surface area contributed by atoms with Gasteiger partial charge in [0.05, 0.1) is 5.69 Å². The lowest BCUT2D eigenvalue weighted by atomic mass is 9.97. The second-order valence-corrected chi connectivity index (χ2v) is 6.96. The molecule has 0 bridgehead atoms. The van der Waals surface area contributed by atoms with Gasteiger partial charge < -0.3 is 14.7 Å². The van der Waals surface area contributed by atoms with E-state index in [0.717, 1.165) is 43.0 Å². The fourth-order valence-corrected chi connectivity index (χ4v) is 3.16. The highest BCUT2D eigenvalue weighted by molar-refractivity contribution is 5.98. The maximum absolute atomic E-state index is 12.7. The standard InChI is InChI=1S/C19H29N3O2/c1-14(2)17-8-6-7-15(3)19(17)22(16(4)23)13-18(24)21-11-9-20(5)10-12-21/h6-8,14H,9-13H2,1-5H3. The van der Waals surface area contributed by atoms with Gasteiger partial charge >= 0.3 is 0 Å². The van der Waals surface area contributed by atoms with Crippen molar-refractivity contribution in [3.8, 4) is 0 Å². The van der Waals surface area contributed by atoms with E-state index in [-0.39, 0.29) is 18.4 Å². The molecule has 0 aliphatic carbocycles. The zero-order valence-electron chi connectivity index (χ0n) is 15.5. The number of likely N-dealkylation sites (N-methyl/N-ethyl adjacent to an activating group) is 1. The molecule has 0 N–H and O–H groups in total. The summed E-state index contributed by atoms with van der Waals surface area (Å²) < 4.78 is 0. The number of nitrogens with zero attached hydrogens (tertiary/aromatic N) is 3. The largest absolute Gasteiger partial charge is 0.339 e. The third kappa shape index (κ3) is 4.15. The molecule has 1 aliphatic heterocycles. The van der Waals surface area contributed by atoms with Crippen molar-refractivity contribution in [2.75, 3.05) is 44.7 Å². The lowest BCUT2D eigenvalue weighted by Crippen LogP contribution is -2.50. The Morgan fingerprint density at radius 3 is 2.33 bits per heavy atom. The van der Waals surface area contributed by atoms with Crippen LogP contribution in [0.15, 0.2) is 18.2 Å². The van der Waals surface area contributed by atoms with E-state index in [0.29, 0.717) is 5.92 Å². The van der Waals surface area contributed by atoms with Crippen molar-refractivity contribution in [2.24, 2.45) is 0 Å². The molecule has 24 heavy (non-hydrogen) atoms. The number of aryl methyl sites for hydroxylation is 1. The highest BCUT2D eigenvalue weighted by atomic mass is 16.2. The van der Waals surface area contributed by atoms with Gasteiger partial charge in [0.25, 0.3) is 0 Å². The number of anilines is 1. The Bertz CT molecular complexity index is 605. The van der Waals surface area contributed by atoms with Crippen LogP contribution in [-0.2, 0) is 9.59 Å². The number of rotatable bonds is 4. The van der Waals surface area contributed by atoms with Crippen LogP contribution >= 0.6 is 0 Å². The lowest BCUT2D eigenvalue weighted by molar-refractivity contribution is -0.132. The molecule has 5 heteroatoms. The molecule has 1 fully saturated rings. The SMILES string of the molecule is CC(=O)N(CC(=O)N1CCN(C)CC1)c1c(C)cccc1C(C)C. The molecule has 5 nitrogen and oxygen atoms in total. The Morgan fingerprint density at radius 1 is 1.17 bits per heavy atom. The third-order valence-electron chi connectivity index (χ3n) is 4.69. The zero-order valence-corrected chi connectivity index (χ0v) is 15.5. The minimum absolute atomic E-state index is 0.0243. The average Bonchev–Trinajstić information content (AvgIpc) is 2.53. The van der Waals surface area contributed by atoms with Crippen LogP contribution in [0.3, 0.4) is 0 Å². The van der Waals surface area contributed by atoms with Crippen LogP contribution < -0.4 is 4.90 Å². The number of amides is 2. The van der Waals surface area contributed by atoms with Crippen LogP contribution in [0.2, 0.25) is 0 Å². The second kappa shape index (κ2) is 7.79. The molecule has 1 aromatic rings. The number of carbonyl (C=O) groups is 2. The molecule has 2 rings (SSSR count). The van der Waals surface area contributed by atoms with Crippen molar-refractivity contribution in [3.05, 3.63) is 29.3 Å². The Morgan fingerprint density at radius 2 is 1.79 bits per heavy atom. The number of hydrogen-bond acceptors (Lipinski definition) is 3. The molecule has 1 aliphatic rings. The van der Waals surface area contributed by atoms with E-state index >= 15 is 0 Å². The van der Waals surface area contributed by atoms with E-state index < -0.39 is 0 Å². The Hall–Kier alpha value is -1.88. The Kier molecular flexibility index (Phi) is 5.99. The van der Waals surface area contributed by atoms with Gasteiger partial charge in [0.1, 0.15) is 6.54 Å². The van der Waals surface area contributed by atoms with E-state index in [9.17, 15) is 9.59 Å². The maximum atomic E-state index is 12.7. The van der Waals surface area contributed by atoms with Gasteiger partial charge in [-0.15, -0.1) is 0 Å². The maximum Gasteiger partial charge on any atom is 0.242 e. The normalized spacial score (nSPS) is 15.7. The minimum atomic E-state index is -0.0892. The molecular weight excluding hydrogens is 302 g/mol. The molecule has 0 aromatic heterocycles. The lowest BCUT2D eigenvalue weighted by Gasteiger charge is -2.34. The summed E-state index contributed by atoms with van der Waals surface area (Å²) in [4.78, 5) is 30.7. The van der Waals surface area contributed by atoms with Crippen LogP contribution in [0.25, 0.3) is 0 Å². The van der Waals surface area contributed by atoms with Gasteiger partial charge in [0.15, 0.2) is 0 Å². The quantitative estimate of drug-likeness (QED) is 0.850. The van der Waals surface area contributed by atoms with Crippen molar-refractivity contribution in [3.63, 3.8) is 0 Å². The number of piperazine rings is 1. The summed E-state index contributed by atoms with van der Waals surface area (Å²) in [7, 11) is 2.06. The van der Waals surface area contributed by atoms with E-state index in [1.807, 2.05) is 30.0 Å².